The Morgan fingerprint density at radius 3 is 2.59 bits per heavy atom. The summed E-state index contributed by atoms with van der Waals surface area (Å²) in [4.78, 5) is 13.1. The number of anilines is 1. The molecule has 0 fully saturated rings. The molecule has 0 aliphatic carbocycles. The Hall–Kier alpha value is -2.84. The quantitative estimate of drug-likeness (QED) is 0.359. The number of carbonyl (C=O) groups excluding carboxylic acids is 1. The van der Waals surface area contributed by atoms with E-state index in [4.69, 9.17) is 0 Å². The molecule has 0 aromatic heterocycles. The van der Waals surface area contributed by atoms with Gasteiger partial charge < -0.3 is 16.0 Å². The molecule has 0 radical (unpaired) electrons. The molecule has 0 saturated heterocycles. The van der Waals surface area contributed by atoms with Gasteiger partial charge in [0.05, 0.1) is 16.2 Å². The number of urea groups is 1. The van der Waals surface area contributed by atoms with Crippen LogP contribution in [0.2, 0.25) is 0 Å². The molecule has 2 aliphatic heterocycles. The lowest BCUT2D eigenvalue weighted by Crippen LogP contribution is -2.31. The number of hydrogen-bond donors (Lipinski definition) is 5. The van der Waals surface area contributed by atoms with Crippen LogP contribution in [0.4, 0.5) is 10.5 Å². The van der Waals surface area contributed by atoms with E-state index in [1.165, 1.54) is 11.1 Å². The van der Waals surface area contributed by atoms with Gasteiger partial charge >= 0.3 is 6.03 Å². The second kappa shape index (κ2) is 8.26. The van der Waals surface area contributed by atoms with Gasteiger partial charge in [0.1, 0.15) is 0 Å². The summed E-state index contributed by atoms with van der Waals surface area (Å²) < 4.78 is 22.1. The molecular formula is C25H27N3O3S. The summed E-state index contributed by atoms with van der Waals surface area (Å²) in [6, 6.07) is 20.8. The first kappa shape index (κ1) is 21.0. The summed E-state index contributed by atoms with van der Waals surface area (Å²) in [5.41, 5.74) is 5.96. The average Bonchev–Trinajstić information content (AvgIpc) is 3.35. The second-order valence-corrected chi connectivity index (χ2v) is 10.7. The average molecular weight is 450 g/mol. The molecule has 6 nitrogen and oxygen atoms in total. The predicted molar refractivity (Wildman–Crippen MR) is 128 cm³/mol. The van der Waals surface area contributed by atoms with Crippen LogP contribution in [0.3, 0.4) is 0 Å². The normalized spacial score (nSPS) is 20.2. The highest BCUT2D eigenvalue weighted by Crippen LogP contribution is 2.67. The molecule has 166 valence electrons. The van der Waals surface area contributed by atoms with Gasteiger partial charge in [-0.2, -0.15) is 10.6 Å². The fraction of sp³-hybridized carbons (Fsp3) is 0.240. The maximum absolute atomic E-state index is 12.5. The minimum Gasteiger partial charge on any atom is -0.331 e. The maximum Gasteiger partial charge on any atom is 0.319 e. The third-order valence-electron chi connectivity index (χ3n) is 6.32. The third kappa shape index (κ3) is 3.89. The lowest BCUT2D eigenvalue weighted by molar-refractivity contribution is 0.249. The number of hydrogen-bond acceptors (Lipinski definition) is 4. The van der Waals surface area contributed by atoms with E-state index < -0.39 is 10.6 Å². The topological polar surface area (TPSA) is 93.6 Å². The smallest absolute Gasteiger partial charge is 0.319 e. The number of amides is 2. The highest BCUT2D eigenvalue weighted by atomic mass is 32.3. The van der Waals surface area contributed by atoms with Crippen LogP contribution in [-0.2, 0) is 19.5 Å². The number of nitrogens with one attached hydrogen (secondary N) is 3. The minimum absolute atomic E-state index is 0.128. The summed E-state index contributed by atoms with van der Waals surface area (Å²) in [6.45, 7) is 3.60. The monoisotopic (exact) mass is 449 g/mol. The largest absolute Gasteiger partial charge is 0.331 e. The Bertz CT molecular complexity index is 1170. The third-order valence-corrected chi connectivity index (χ3v) is 8.60. The summed E-state index contributed by atoms with van der Waals surface area (Å²) >= 11 is 0. The van der Waals surface area contributed by atoms with E-state index in [0.29, 0.717) is 17.0 Å². The Balaban J connectivity index is 1.31. The zero-order chi connectivity index (χ0) is 22.3. The van der Waals surface area contributed by atoms with E-state index in [1.54, 1.807) is 12.1 Å². The van der Waals surface area contributed by atoms with Gasteiger partial charge in [0.2, 0.25) is 0 Å². The van der Waals surface area contributed by atoms with Gasteiger partial charge in [-0.1, -0.05) is 48.5 Å². The zero-order valence-corrected chi connectivity index (χ0v) is 18.7. The molecule has 2 amide bonds. The Kier molecular flexibility index (Phi) is 5.43. The van der Waals surface area contributed by atoms with Crippen LogP contribution in [0.25, 0.3) is 0 Å². The van der Waals surface area contributed by atoms with Crippen molar-refractivity contribution in [1.29, 1.82) is 0 Å². The van der Waals surface area contributed by atoms with Crippen molar-refractivity contribution >= 4 is 22.3 Å². The molecule has 5 N–H and O–H groups in total. The van der Waals surface area contributed by atoms with Crippen LogP contribution < -0.4 is 16.0 Å². The van der Waals surface area contributed by atoms with Crippen LogP contribution in [-0.4, -0.2) is 15.1 Å². The molecule has 0 saturated carbocycles. The summed E-state index contributed by atoms with van der Waals surface area (Å²) in [5, 5.41) is 8.77. The van der Waals surface area contributed by atoms with Crippen LogP contribution in [0.5, 0.6) is 0 Å². The van der Waals surface area contributed by atoms with Gasteiger partial charge in [-0.15, -0.1) is 0 Å². The van der Waals surface area contributed by atoms with Crippen molar-refractivity contribution in [1.82, 2.24) is 10.6 Å². The van der Waals surface area contributed by atoms with E-state index in [1.807, 2.05) is 49.4 Å². The molecule has 3 aromatic rings. The number of rotatable bonds is 4. The van der Waals surface area contributed by atoms with Crippen molar-refractivity contribution in [3.63, 3.8) is 0 Å². The van der Waals surface area contributed by atoms with E-state index in [-0.39, 0.29) is 17.3 Å². The molecule has 32 heavy (non-hydrogen) atoms. The summed E-state index contributed by atoms with van der Waals surface area (Å²) in [6.07, 6.45) is 0.529. The molecule has 1 unspecified atom stereocenters. The van der Waals surface area contributed by atoms with E-state index in [0.717, 1.165) is 29.8 Å². The highest BCUT2D eigenvalue weighted by Gasteiger charge is 2.38. The van der Waals surface area contributed by atoms with Gasteiger partial charge in [0.25, 0.3) is 0 Å². The summed E-state index contributed by atoms with van der Waals surface area (Å²) in [5.74, 6) is 0. The molecule has 5 rings (SSSR count). The Labute approximate surface area is 189 Å². The number of carbonyl (C=O) groups is 1. The van der Waals surface area contributed by atoms with Crippen LogP contribution in [0.15, 0.2) is 71.6 Å². The first-order valence-electron chi connectivity index (χ1n) is 10.8. The lowest BCUT2D eigenvalue weighted by Gasteiger charge is -2.35. The van der Waals surface area contributed by atoms with Crippen molar-refractivity contribution in [3.05, 3.63) is 94.5 Å². The first-order chi connectivity index (χ1) is 15.4. The van der Waals surface area contributed by atoms with Gasteiger partial charge in [-0.05, 0) is 59.4 Å². The zero-order valence-electron chi connectivity index (χ0n) is 17.8. The molecule has 3 aromatic carbocycles. The van der Waals surface area contributed by atoms with Crippen molar-refractivity contribution in [2.45, 2.75) is 42.6 Å². The molecule has 0 spiro atoms. The standard InChI is InChI=1S/C25H27N3O3S/c1-16(17-5-3-2-4-6-17)27-25(29)28-22-9-10-23-20(12-22)13-24(32(23,30)31)18-7-8-19-14-26-15-21(19)11-18/h2-12,16,24,26,30-31H,13-15H2,1H3,(H2,27,28,29)/t16-,24?/m0/s1. The number of benzene rings is 3. The molecule has 7 heteroatoms. The van der Waals surface area contributed by atoms with Crippen molar-refractivity contribution in [2.24, 2.45) is 0 Å². The van der Waals surface area contributed by atoms with Crippen LogP contribution in [0.1, 0.15) is 46.0 Å². The van der Waals surface area contributed by atoms with Crippen molar-refractivity contribution in [2.75, 3.05) is 5.32 Å². The molecule has 2 heterocycles. The molecule has 2 atom stereocenters. The Morgan fingerprint density at radius 2 is 1.78 bits per heavy atom. The van der Waals surface area contributed by atoms with E-state index >= 15 is 0 Å². The maximum atomic E-state index is 12.5. The van der Waals surface area contributed by atoms with E-state index in [9.17, 15) is 13.9 Å². The Morgan fingerprint density at radius 1 is 1.00 bits per heavy atom. The SMILES string of the molecule is C[C@H](NC(=O)Nc1ccc2c(c1)CC(c1ccc3c(c1)CNC3)S2(O)O)c1ccccc1. The predicted octanol–water partition coefficient (Wildman–Crippen LogP) is 5.58. The fourth-order valence-electron chi connectivity index (χ4n) is 4.59. The molecule has 2 aliphatic rings. The van der Waals surface area contributed by atoms with Crippen LogP contribution >= 0.6 is 10.6 Å². The highest BCUT2D eigenvalue weighted by molar-refractivity contribution is 8.24. The van der Waals surface area contributed by atoms with Gasteiger partial charge in [0.15, 0.2) is 0 Å². The number of fused-ring (bicyclic) bond motifs is 2. The van der Waals surface area contributed by atoms with Crippen LogP contribution in [0, 0.1) is 0 Å². The molecule has 0 bridgehead atoms. The van der Waals surface area contributed by atoms with Crippen molar-refractivity contribution in [3.8, 4) is 0 Å². The van der Waals surface area contributed by atoms with Gasteiger partial charge in [0, 0.05) is 18.8 Å². The van der Waals surface area contributed by atoms with Gasteiger partial charge in [-0.3, -0.25) is 9.11 Å². The van der Waals surface area contributed by atoms with Crippen molar-refractivity contribution < 1.29 is 13.9 Å². The summed E-state index contributed by atoms with van der Waals surface area (Å²) in [7, 11) is -2.97. The molecular weight excluding hydrogens is 422 g/mol. The lowest BCUT2D eigenvalue weighted by atomic mass is 10.00. The van der Waals surface area contributed by atoms with E-state index in [2.05, 4.69) is 28.1 Å². The minimum atomic E-state index is -2.97. The first-order valence-corrected chi connectivity index (χ1v) is 12.4. The second-order valence-electron chi connectivity index (χ2n) is 8.47. The van der Waals surface area contributed by atoms with Gasteiger partial charge in [-0.25, -0.2) is 4.79 Å². The fourth-order valence-corrected chi connectivity index (χ4v) is 6.63.